The number of nitrogens with one attached hydrogen (secondary N) is 1. The molecule has 0 aromatic heterocycles. The zero-order valence-electron chi connectivity index (χ0n) is 10.0. The molecule has 1 rings (SSSR count). The first-order valence-corrected chi connectivity index (χ1v) is 5.60. The summed E-state index contributed by atoms with van der Waals surface area (Å²) in [6.07, 6.45) is -0.171. The lowest BCUT2D eigenvalue weighted by Gasteiger charge is -2.30. The highest BCUT2D eigenvalue weighted by molar-refractivity contribution is 5.87. The van der Waals surface area contributed by atoms with Crippen molar-refractivity contribution < 1.29 is 14.3 Å². The van der Waals surface area contributed by atoms with Gasteiger partial charge in [0.2, 0.25) is 11.8 Å². The number of nitrogens with two attached hydrogens (primary N) is 2. The normalized spacial score (nSPS) is 23.1. The van der Waals surface area contributed by atoms with Crippen LogP contribution in [-0.4, -0.2) is 62.1 Å². The highest BCUT2D eigenvalue weighted by atomic mass is 16.5. The summed E-state index contributed by atoms with van der Waals surface area (Å²) in [7, 11) is 2.00. The van der Waals surface area contributed by atoms with Gasteiger partial charge in [-0.2, -0.15) is 0 Å². The third kappa shape index (κ3) is 5.12. The van der Waals surface area contributed by atoms with Crippen LogP contribution in [0.4, 0.5) is 0 Å². The quantitative estimate of drug-likeness (QED) is 0.501. The second kappa shape index (κ2) is 6.53. The van der Waals surface area contributed by atoms with Crippen LogP contribution in [0.15, 0.2) is 0 Å². The fourth-order valence-corrected chi connectivity index (χ4v) is 1.65. The highest BCUT2D eigenvalue weighted by Gasteiger charge is 2.20. The molecule has 17 heavy (non-hydrogen) atoms. The molecular weight excluding hydrogens is 224 g/mol. The minimum Gasteiger partial charge on any atom is -0.374 e. The molecule has 0 radical (unpaired) electrons. The van der Waals surface area contributed by atoms with Gasteiger partial charge in [-0.15, -0.1) is 0 Å². The van der Waals surface area contributed by atoms with Crippen molar-refractivity contribution in [2.24, 2.45) is 11.5 Å². The SMILES string of the molecule is CN1CCOC(CNC(=O)C(N)CC(N)=O)C1. The van der Waals surface area contributed by atoms with Gasteiger partial charge >= 0.3 is 0 Å². The molecule has 2 unspecified atom stereocenters. The van der Waals surface area contributed by atoms with E-state index in [1.807, 2.05) is 7.05 Å². The fraction of sp³-hybridized carbons (Fsp3) is 0.800. The van der Waals surface area contributed by atoms with Crippen LogP contribution >= 0.6 is 0 Å². The van der Waals surface area contributed by atoms with E-state index >= 15 is 0 Å². The molecule has 98 valence electrons. The monoisotopic (exact) mass is 244 g/mol. The zero-order valence-corrected chi connectivity index (χ0v) is 10.0. The van der Waals surface area contributed by atoms with E-state index < -0.39 is 11.9 Å². The zero-order chi connectivity index (χ0) is 12.8. The third-order valence-electron chi connectivity index (χ3n) is 2.60. The van der Waals surface area contributed by atoms with Gasteiger partial charge in [-0.1, -0.05) is 0 Å². The Morgan fingerprint density at radius 1 is 1.59 bits per heavy atom. The Kier molecular flexibility index (Phi) is 5.33. The summed E-state index contributed by atoms with van der Waals surface area (Å²) in [5, 5.41) is 2.65. The molecule has 0 aliphatic carbocycles. The van der Waals surface area contributed by atoms with E-state index in [1.165, 1.54) is 0 Å². The van der Waals surface area contributed by atoms with Gasteiger partial charge in [-0.25, -0.2) is 0 Å². The summed E-state index contributed by atoms with van der Waals surface area (Å²) in [5.41, 5.74) is 10.5. The van der Waals surface area contributed by atoms with E-state index in [2.05, 4.69) is 10.2 Å². The second-order valence-electron chi connectivity index (χ2n) is 4.28. The summed E-state index contributed by atoms with van der Waals surface area (Å²) in [5.74, 6) is -0.957. The minimum absolute atomic E-state index is 0.0292. The van der Waals surface area contributed by atoms with E-state index in [0.29, 0.717) is 13.2 Å². The lowest BCUT2D eigenvalue weighted by atomic mass is 10.2. The van der Waals surface area contributed by atoms with E-state index in [1.54, 1.807) is 0 Å². The molecule has 0 saturated carbocycles. The maximum absolute atomic E-state index is 11.5. The molecule has 5 N–H and O–H groups in total. The van der Waals surface area contributed by atoms with Crippen LogP contribution in [0, 0.1) is 0 Å². The summed E-state index contributed by atoms with van der Waals surface area (Å²) in [4.78, 5) is 24.2. The molecule has 2 amide bonds. The first kappa shape index (κ1) is 13.9. The Labute approximate surface area is 100 Å². The van der Waals surface area contributed by atoms with Gasteiger partial charge in [0.05, 0.1) is 25.2 Å². The molecule has 0 aromatic carbocycles. The molecule has 0 aromatic rings. The van der Waals surface area contributed by atoms with Crippen molar-refractivity contribution in [3.63, 3.8) is 0 Å². The molecule has 2 atom stereocenters. The Balaban J connectivity index is 2.25. The van der Waals surface area contributed by atoms with E-state index in [0.717, 1.165) is 13.1 Å². The average Bonchev–Trinajstić information content (AvgIpc) is 2.25. The number of carbonyl (C=O) groups is 2. The van der Waals surface area contributed by atoms with Crippen molar-refractivity contribution >= 4 is 11.8 Å². The Hall–Kier alpha value is -1.18. The number of likely N-dealkylation sites (N-methyl/N-ethyl adjacent to an activating group) is 1. The maximum Gasteiger partial charge on any atom is 0.237 e. The Morgan fingerprint density at radius 3 is 2.88 bits per heavy atom. The molecule has 7 nitrogen and oxygen atoms in total. The van der Waals surface area contributed by atoms with Crippen molar-refractivity contribution in [3.05, 3.63) is 0 Å². The van der Waals surface area contributed by atoms with Crippen LogP contribution in [0.25, 0.3) is 0 Å². The maximum atomic E-state index is 11.5. The lowest BCUT2D eigenvalue weighted by molar-refractivity contribution is -0.127. The minimum atomic E-state index is -0.881. The number of primary amides is 1. The van der Waals surface area contributed by atoms with Crippen molar-refractivity contribution in [2.45, 2.75) is 18.6 Å². The number of amides is 2. The van der Waals surface area contributed by atoms with E-state index in [9.17, 15) is 9.59 Å². The predicted molar refractivity (Wildman–Crippen MR) is 62.0 cm³/mol. The van der Waals surface area contributed by atoms with Gasteiger partial charge in [0.1, 0.15) is 0 Å². The van der Waals surface area contributed by atoms with Gasteiger partial charge in [0, 0.05) is 19.6 Å². The molecule has 7 heteroatoms. The first-order valence-electron chi connectivity index (χ1n) is 5.60. The molecule has 1 saturated heterocycles. The summed E-state index contributed by atoms with van der Waals surface area (Å²) in [6, 6.07) is -0.881. The topological polar surface area (TPSA) is 111 Å². The average molecular weight is 244 g/mol. The number of hydrogen-bond acceptors (Lipinski definition) is 5. The van der Waals surface area contributed by atoms with Crippen LogP contribution in [0.2, 0.25) is 0 Å². The van der Waals surface area contributed by atoms with Gasteiger partial charge in [-0.05, 0) is 7.05 Å². The van der Waals surface area contributed by atoms with Crippen molar-refractivity contribution in [3.8, 4) is 0 Å². The molecule has 1 aliphatic rings. The van der Waals surface area contributed by atoms with Crippen molar-refractivity contribution in [2.75, 3.05) is 33.3 Å². The van der Waals surface area contributed by atoms with Gasteiger partial charge < -0.3 is 26.4 Å². The lowest BCUT2D eigenvalue weighted by Crippen LogP contribution is -2.49. The Bertz CT molecular complexity index is 285. The largest absolute Gasteiger partial charge is 0.374 e. The molecule has 1 fully saturated rings. The standard InChI is InChI=1S/C10H20N4O3/c1-14-2-3-17-7(6-14)5-13-10(16)8(11)4-9(12)15/h7-8H,2-6,11H2,1H3,(H2,12,15)(H,13,16). The van der Waals surface area contributed by atoms with E-state index in [4.69, 9.17) is 16.2 Å². The molecular formula is C10H20N4O3. The van der Waals surface area contributed by atoms with Crippen LogP contribution in [0.1, 0.15) is 6.42 Å². The van der Waals surface area contributed by atoms with Gasteiger partial charge in [0.25, 0.3) is 0 Å². The van der Waals surface area contributed by atoms with Gasteiger partial charge in [0.15, 0.2) is 0 Å². The number of hydrogen-bond donors (Lipinski definition) is 3. The van der Waals surface area contributed by atoms with Crippen molar-refractivity contribution in [1.29, 1.82) is 0 Å². The highest BCUT2D eigenvalue weighted by Crippen LogP contribution is 2.01. The molecule has 1 heterocycles. The second-order valence-corrected chi connectivity index (χ2v) is 4.28. The first-order chi connectivity index (χ1) is 7.99. The van der Waals surface area contributed by atoms with Crippen LogP contribution in [-0.2, 0) is 14.3 Å². The fourth-order valence-electron chi connectivity index (χ4n) is 1.65. The van der Waals surface area contributed by atoms with Gasteiger partial charge in [-0.3, -0.25) is 9.59 Å². The third-order valence-corrected chi connectivity index (χ3v) is 2.60. The number of nitrogens with zero attached hydrogens (tertiary/aromatic N) is 1. The number of morpholine rings is 1. The number of rotatable bonds is 5. The number of carbonyl (C=O) groups excluding carboxylic acids is 2. The summed E-state index contributed by atoms with van der Waals surface area (Å²) >= 11 is 0. The molecule has 1 aliphatic heterocycles. The molecule has 0 bridgehead atoms. The van der Waals surface area contributed by atoms with Crippen LogP contribution in [0.5, 0.6) is 0 Å². The summed E-state index contributed by atoms with van der Waals surface area (Å²) in [6.45, 7) is 2.72. The van der Waals surface area contributed by atoms with E-state index in [-0.39, 0.29) is 18.4 Å². The summed E-state index contributed by atoms with van der Waals surface area (Å²) < 4.78 is 5.47. The predicted octanol–water partition coefficient (Wildman–Crippen LogP) is -2.36. The number of ether oxygens (including phenoxy) is 1. The Morgan fingerprint density at radius 2 is 2.29 bits per heavy atom. The van der Waals surface area contributed by atoms with Crippen LogP contribution < -0.4 is 16.8 Å². The smallest absolute Gasteiger partial charge is 0.237 e. The van der Waals surface area contributed by atoms with Crippen LogP contribution in [0.3, 0.4) is 0 Å². The van der Waals surface area contributed by atoms with Crippen molar-refractivity contribution in [1.82, 2.24) is 10.2 Å². The molecule has 0 spiro atoms.